The third-order valence-electron chi connectivity index (χ3n) is 2.22. The number of halogens is 2. The molecule has 1 amide bonds. The molecule has 0 saturated carbocycles. The van der Waals surface area contributed by atoms with Gasteiger partial charge in [0, 0.05) is 23.7 Å². The van der Waals surface area contributed by atoms with Gasteiger partial charge in [0.15, 0.2) is 0 Å². The van der Waals surface area contributed by atoms with Crippen LogP contribution in [0.1, 0.15) is 12.5 Å². The van der Waals surface area contributed by atoms with Crippen LogP contribution in [0, 0.1) is 5.82 Å². The molecule has 0 bridgehead atoms. The van der Waals surface area contributed by atoms with Gasteiger partial charge >= 0.3 is 0 Å². The zero-order chi connectivity index (χ0) is 12.8. The van der Waals surface area contributed by atoms with Crippen molar-refractivity contribution in [2.45, 2.75) is 19.4 Å². The van der Waals surface area contributed by atoms with E-state index in [4.69, 9.17) is 16.3 Å². The van der Waals surface area contributed by atoms with Crippen molar-refractivity contribution in [3.05, 3.63) is 34.6 Å². The summed E-state index contributed by atoms with van der Waals surface area (Å²) in [5.74, 6) is -0.742. The van der Waals surface area contributed by atoms with Gasteiger partial charge in [-0.25, -0.2) is 4.39 Å². The summed E-state index contributed by atoms with van der Waals surface area (Å²) in [5, 5.41) is 2.96. The Morgan fingerprint density at radius 3 is 2.88 bits per heavy atom. The van der Waals surface area contributed by atoms with Crippen LogP contribution in [0.4, 0.5) is 4.39 Å². The highest BCUT2D eigenvalue weighted by molar-refractivity contribution is 6.31. The van der Waals surface area contributed by atoms with Gasteiger partial charge in [-0.05, 0) is 19.1 Å². The van der Waals surface area contributed by atoms with Crippen LogP contribution in [0.5, 0.6) is 0 Å². The molecule has 0 heterocycles. The van der Waals surface area contributed by atoms with E-state index in [0.717, 1.165) is 0 Å². The van der Waals surface area contributed by atoms with E-state index in [2.05, 4.69) is 5.32 Å². The number of benzene rings is 1. The zero-order valence-corrected chi connectivity index (χ0v) is 10.6. The smallest absolute Gasteiger partial charge is 0.224 e. The van der Waals surface area contributed by atoms with Crippen molar-refractivity contribution in [1.82, 2.24) is 5.32 Å². The molecule has 0 spiro atoms. The molecule has 3 nitrogen and oxygen atoms in total. The summed E-state index contributed by atoms with van der Waals surface area (Å²) >= 11 is 5.83. The molecule has 0 radical (unpaired) electrons. The summed E-state index contributed by atoms with van der Waals surface area (Å²) in [6.45, 7) is 2.22. The Labute approximate surface area is 105 Å². The number of carbonyl (C=O) groups excluding carboxylic acids is 1. The number of methoxy groups -OCH3 is 1. The minimum absolute atomic E-state index is 0.0699. The summed E-state index contributed by atoms with van der Waals surface area (Å²) in [4.78, 5) is 11.6. The second-order valence-corrected chi connectivity index (χ2v) is 4.21. The molecule has 0 aliphatic carbocycles. The predicted molar refractivity (Wildman–Crippen MR) is 64.6 cm³/mol. The largest absolute Gasteiger partial charge is 0.383 e. The standard InChI is InChI=1S/C12H15ClFNO2/c1-8(7-17-2)15-12(16)6-9-10(13)4-3-5-11(9)14/h3-5,8H,6-7H2,1-2H3,(H,15,16)/t8-/m0/s1. The Hall–Kier alpha value is -1.13. The molecule has 0 aromatic heterocycles. The minimum Gasteiger partial charge on any atom is -0.383 e. The lowest BCUT2D eigenvalue weighted by atomic mass is 10.1. The summed E-state index contributed by atoms with van der Waals surface area (Å²) in [5.41, 5.74) is 0.219. The van der Waals surface area contributed by atoms with E-state index in [0.29, 0.717) is 6.61 Å². The van der Waals surface area contributed by atoms with Crippen molar-refractivity contribution in [3.63, 3.8) is 0 Å². The van der Waals surface area contributed by atoms with Crippen LogP contribution in [-0.4, -0.2) is 25.7 Å². The lowest BCUT2D eigenvalue weighted by molar-refractivity contribution is -0.121. The number of nitrogens with one attached hydrogen (secondary N) is 1. The van der Waals surface area contributed by atoms with Crippen LogP contribution < -0.4 is 5.32 Å². The van der Waals surface area contributed by atoms with Gasteiger partial charge in [0.1, 0.15) is 5.82 Å². The monoisotopic (exact) mass is 259 g/mol. The van der Waals surface area contributed by atoms with Crippen LogP contribution in [0.15, 0.2) is 18.2 Å². The molecule has 1 N–H and O–H groups in total. The van der Waals surface area contributed by atoms with E-state index in [9.17, 15) is 9.18 Å². The lowest BCUT2D eigenvalue weighted by Gasteiger charge is -2.13. The topological polar surface area (TPSA) is 38.3 Å². The summed E-state index contributed by atoms with van der Waals surface area (Å²) < 4.78 is 18.3. The van der Waals surface area contributed by atoms with Gasteiger partial charge in [-0.2, -0.15) is 0 Å². The number of carbonyl (C=O) groups is 1. The van der Waals surface area contributed by atoms with E-state index in [1.807, 2.05) is 6.92 Å². The Balaban J connectivity index is 2.62. The van der Waals surface area contributed by atoms with E-state index in [-0.39, 0.29) is 29.0 Å². The van der Waals surface area contributed by atoms with Gasteiger partial charge in [0.05, 0.1) is 13.0 Å². The second-order valence-electron chi connectivity index (χ2n) is 3.80. The Morgan fingerprint density at radius 2 is 2.29 bits per heavy atom. The highest BCUT2D eigenvalue weighted by atomic mass is 35.5. The maximum Gasteiger partial charge on any atom is 0.224 e. The van der Waals surface area contributed by atoms with Crippen LogP contribution in [0.25, 0.3) is 0 Å². The van der Waals surface area contributed by atoms with Crippen molar-refractivity contribution in [1.29, 1.82) is 0 Å². The fourth-order valence-electron chi connectivity index (χ4n) is 1.48. The number of amides is 1. The van der Waals surface area contributed by atoms with Gasteiger partial charge in [-0.3, -0.25) is 4.79 Å². The lowest BCUT2D eigenvalue weighted by Crippen LogP contribution is -2.36. The fourth-order valence-corrected chi connectivity index (χ4v) is 1.71. The maximum absolute atomic E-state index is 13.4. The van der Waals surface area contributed by atoms with Crippen LogP contribution in [0.2, 0.25) is 5.02 Å². The summed E-state index contributed by atoms with van der Waals surface area (Å²) in [7, 11) is 1.55. The first-order valence-electron chi connectivity index (χ1n) is 5.25. The quantitative estimate of drug-likeness (QED) is 0.880. The predicted octanol–water partition coefficient (Wildman–Crippen LogP) is 2.17. The fraction of sp³-hybridized carbons (Fsp3) is 0.417. The Kier molecular flexibility index (Phi) is 5.38. The second kappa shape index (κ2) is 6.57. The van der Waals surface area contributed by atoms with Gasteiger partial charge < -0.3 is 10.1 Å². The maximum atomic E-state index is 13.4. The van der Waals surface area contributed by atoms with E-state index in [1.165, 1.54) is 12.1 Å². The SMILES string of the molecule is COC[C@H](C)NC(=O)Cc1c(F)cccc1Cl. The normalized spacial score (nSPS) is 12.2. The zero-order valence-electron chi connectivity index (χ0n) is 9.80. The molecule has 0 unspecified atom stereocenters. The molecule has 0 fully saturated rings. The number of ether oxygens (including phenoxy) is 1. The summed E-state index contributed by atoms with van der Waals surface area (Å²) in [6.07, 6.45) is -0.0699. The highest BCUT2D eigenvalue weighted by Crippen LogP contribution is 2.19. The minimum atomic E-state index is -0.466. The number of hydrogen-bond donors (Lipinski definition) is 1. The first-order chi connectivity index (χ1) is 8.04. The van der Waals surface area contributed by atoms with Gasteiger partial charge in [0.2, 0.25) is 5.91 Å². The van der Waals surface area contributed by atoms with E-state index >= 15 is 0 Å². The molecule has 1 rings (SSSR count). The van der Waals surface area contributed by atoms with Crippen molar-refractivity contribution < 1.29 is 13.9 Å². The average molecular weight is 260 g/mol. The Bertz CT molecular complexity index is 378. The third kappa shape index (κ3) is 4.32. The molecule has 1 aromatic rings. The average Bonchev–Trinajstić information content (AvgIpc) is 2.24. The van der Waals surface area contributed by atoms with Gasteiger partial charge in [-0.15, -0.1) is 0 Å². The molecule has 0 aliphatic rings. The number of rotatable bonds is 5. The molecular formula is C12H15ClFNO2. The molecule has 1 atom stereocenters. The first kappa shape index (κ1) is 13.9. The third-order valence-corrected chi connectivity index (χ3v) is 2.58. The van der Waals surface area contributed by atoms with Crippen molar-refractivity contribution in [2.75, 3.05) is 13.7 Å². The molecule has 5 heteroatoms. The highest BCUT2D eigenvalue weighted by Gasteiger charge is 2.13. The number of hydrogen-bond acceptors (Lipinski definition) is 2. The Morgan fingerprint density at radius 1 is 1.59 bits per heavy atom. The van der Waals surface area contributed by atoms with Crippen LogP contribution in [0.3, 0.4) is 0 Å². The van der Waals surface area contributed by atoms with Gasteiger partial charge in [-0.1, -0.05) is 17.7 Å². The van der Waals surface area contributed by atoms with E-state index in [1.54, 1.807) is 13.2 Å². The molecule has 0 saturated heterocycles. The molecule has 0 aliphatic heterocycles. The van der Waals surface area contributed by atoms with Crippen molar-refractivity contribution in [3.8, 4) is 0 Å². The molecule has 17 heavy (non-hydrogen) atoms. The van der Waals surface area contributed by atoms with E-state index < -0.39 is 5.82 Å². The van der Waals surface area contributed by atoms with Gasteiger partial charge in [0.25, 0.3) is 0 Å². The van der Waals surface area contributed by atoms with Crippen molar-refractivity contribution >= 4 is 17.5 Å². The van der Waals surface area contributed by atoms with Crippen molar-refractivity contribution in [2.24, 2.45) is 0 Å². The van der Waals surface area contributed by atoms with Crippen LogP contribution in [-0.2, 0) is 16.0 Å². The molecule has 1 aromatic carbocycles. The molecular weight excluding hydrogens is 245 g/mol. The first-order valence-corrected chi connectivity index (χ1v) is 5.63. The molecule has 94 valence electrons. The van der Waals surface area contributed by atoms with Crippen LogP contribution >= 0.6 is 11.6 Å². The summed E-state index contributed by atoms with van der Waals surface area (Å²) in [6, 6.07) is 4.24.